The van der Waals surface area contributed by atoms with Crippen LogP contribution in [0.4, 0.5) is 0 Å². The summed E-state index contributed by atoms with van der Waals surface area (Å²) in [5.74, 6) is -3.18. The van der Waals surface area contributed by atoms with E-state index < -0.39 is 41.5 Å². The van der Waals surface area contributed by atoms with Crippen LogP contribution >= 0.6 is 0 Å². The molecule has 0 spiro atoms. The molecule has 10 heteroatoms. The van der Waals surface area contributed by atoms with Gasteiger partial charge in [0, 0.05) is 29.7 Å². The van der Waals surface area contributed by atoms with Crippen molar-refractivity contribution in [2.24, 2.45) is 0 Å². The molecule has 0 fully saturated rings. The van der Waals surface area contributed by atoms with Crippen LogP contribution in [0.15, 0.2) is 42.5 Å². The minimum atomic E-state index is -1.69. The van der Waals surface area contributed by atoms with Crippen molar-refractivity contribution in [1.29, 1.82) is 0 Å². The van der Waals surface area contributed by atoms with E-state index in [1.807, 2.05) is 13.8 Å². The highest BCUT2D eigenvalue weighted by Crippen LogP contribution is 2.45. The Labute approximate surface area is 194 Å². The van der Waals surface area contributed by atoms with Gasteiger partial charge in [-0.15, -0.1) is 0 Å². The van der Waals surface area contributed by atoms with E-state index >= 15 is 0 Å². The Morgan fingerprint density at radius 3 is 2.06 bits per heavy atom. The van der Waals surface area contributed by atoms with Crippen LogP contribution in [-0.4, -0.2) is 47.0 Å². The van der Waals surface area contributed by atoms with Crippen LogP contribution in [0.25, 0.3) is 0 Å². The summed E-state index contributed by atoms with van der Waals surface area (Å²) in [5, 5.41) is 79.0. The minimum Gasteiger partial charge on any atom is -0.508 e. The van der Waals surface area contributed by atoms with Crippen molar-refractivity contribution in [3.8, 4) is 46.0 Å². The van der Waals surface area contributed by atoms with Crippen LogP contribution in [0.2, 0.25) is 0 Å². The van der Waals surface area contributed by atoms with Crippen molar-refractivity contribution in [3.63, 3.8) is 0 Å². The maximum Gasteiger partial charge on any atom is 0.200 e. The Kier molecular flexibility index (Phi) is 7.14. The zero-order valence-electron chi connectivity index (χ0n) is 18.4. The summed E-state index contributed by atoms with van der Waals surface area (Å²) < 4.78 is 11.6. The van der Waals surface area contributed by atoms with Gasteiger partial charge in [0.15, 0.2) is 41.1 Å². The number of phenolic OH excluding ortho intramolecular Hbond substituents is 7. The Morgan fingerprint density at radius 1 is 0.794 bits per heavy atom. The number of phenols is 7. The average molecular weight is 474 g/mol. The van der Waals surface area contributed by atoms with E-state index in [4.69, 9.17) is 9.47 Å². The highest BCUT2D eigenvalue weighted by atomic mass is 16.6. The van der Waals surface area contributed by atoms with Crippen LogP contribution in [0, 0.1) is 0 Å². The number of benzene rings is 3. The fraction of sp³-hybridized carbons (Fsp3) is 0.250. The number of rotatable bonds is 4. The quantitative estimate of drug-likeness (QED) is 0.206. The molecular weight excluding hydrogens is 448 g/mol. The Bertz CT molecular complexity index is 1150. The first kappa shape index (κ1) is 24.6. The van der Waals surface area contributed by atoms with Crippen molar-refractivity contribution < 1.29 is 50.3 Å². The molecule has 0 saturated carbocycles. The number of aromatic hydroxyl groups is 7. The molecule has 0 radical (unpaired) electrons. The zero-order chi connectivity index (χ0) is 25.2. The lowest BCUT2D eigenvalue weighted by molar-refractivity contribution is -0.169. The second kappa shape index (κ2) is 9.86. The van der Waals surface area contributed by atoms with Crippen molar-refractivity contribution in [3.05, 3.63) is 59.2 Å². The standard InChI is InChI=1S/C22H20O10.C2H6/c23-11-6-14(25)12-8-19(32-22(30)10-4-16(27)20(29)17(28)5-10)21(31-18(12)7-11)9-1-2-13(24)15(26)3-9;1-2/h1-7,19,21-30H,8H2;1-2H3/t19-,21-,22?;/m1./s1. The van der Waals surface area contributed by atoms with Crippen molar-refractivity contribution in [2.75, 3.05) is 0 Å². The lowest BCUT2D eigenvalue weighted by Gasteiger charge is -2.35. The van der Waals surface area contributed by atoms with E-state index in [1.54, 1.807) is 0 Å². The van der Waals surface area contributed by atoms with Crippen LogP contribution in [0.5, 0.6) is 46.0 Å². The van der Waals surface area contributed by atoms with E-state index in [2.05, 4.69) is 0 Å². The number of hydrogen-bond donors (Lipinski definition) is 8. The summed E-state index contributed by atoms with van der Waals surface area (Å²) in [7, 11) is 0. The van der Waals surface area contributed by atoms with E-state index in [-0.39, 0.29) is 35.0 Å². The van der Waals surface area contributed by atoms with Crippen molar-refractivity contribution >= 4 is 0 Å². The van der Waals surface area contributed by atoms with Gasteiger partial charge in [-0.2, -0.15) is 0 Å². The molecule has 4 rings (SSSR count). The van der Waals surface area contributed by atoms with Crippen LogP contribution in [-0.2, 0) is 11.2 Å². The van der Waals surface area contributed by atoms with Crippen molar-refractivity contribution in [2.45, 2.75) is 38.8 Å². The molecule has 3 aromatic rings. The molecular formula is C24H26O10. The summed E-state index contributed by atoms with van der Waals surface area (Å²) in [4.78, 5) is 0. The fourth-order valence-corrected chi connectivity index (χ4v) is 3.58. The molecule has 34 heavy (non-hydrogen) atoms. The predicted molar refractivity (Wildman–Crippen MR) is 119 cm³/mol. The molecule has 0 saturated heterocycles. The van der Waals surface area contributed by atoms with Gasteiger partial charge in [-0.25, -0.2) is 0 Å². The molecule has 1 aliphatic heterocycles. The first-order valence-corrected chi connectivity index (χ1v) is 10.5. The molecule has 0 aromatic heterocycles. The third-order valence-corrected chi connectivity index (χ3v) is 5.18. The molecule has 10 nitrogen and oxygen atoms in total. The van der Waals surface area contributed by atoms with E-state index in [0.717, 1.165) is 18.2 Å². The molecule has 1 heterocycles. The SMILES string of the molecule is CC.Oc1cc(O)c2c(c1)O[C@H](c1ccc(O)c(O)c1)[C@H](OC(O)c1cc(O)c(O)c(O)c1)C2. The van der Waals surface area contributed by atoms with Gasteiger partial charge in [0.25, 0.3) is 0 Å². The average Bonchev–Trinajstić information content (AvgIpc) is 2.80. The highest BCUT2D eigenvalue weighted by Gasteiger charge is 2.36. The van der Waals surface area contributed by atoms with Crippen LogP contribution in [0.3, 0.4) is 0 Å². The van der Waals surface area contributed by atoms with E-state index in [1.165, 1.54) is 24.3 Å². The zero-order valence-corrected chi connectivity index (χ0v) is 18.4. The summed E-state index contributed by atoms with van der Waals surface area (Å²) in [6.45, 7) is 4.00. The lowest BCUT2D eigenvalue weighted by Crippen LogP contribution is -2.34. The largest absolute Gasteiger partial charge is 0.508 e. The summed E-state index contributed by atoms with van der Waals surface area (Å²) in [6.07, 6.45) is -3.59. The van der Waals surface area contributed by atoms with E-state index in [9.17, 15) is 40.9 Å². The van der Waals surface area contributed by atoms with Crippen LogP contribution < -0.4 is 4.74 Å². The molecule has 0 bridgehead atoms. The van der Waals surface area contributed by atoms with Gasteiger partial charge in [-0.05, 0) is 29.8 Å². The Balaban J connectivity index is 0.00000158. The highest BCUT2D eigenvalue weighted by molar-refractivity contribution is 5.53. The first-order chi connectivity index (χ1) is 16.1. The van der Waals surface area contributed by atoms with Gasteiger partial charge in [0.05, 0.1) is 0 Å². The molecule has 0 amide bonds. The third-order valence-electron chi connectivity index (χ3n) is 5.18. The number of ether oxygens (including phenoxy) is 2. The predicted octanol–water partition coefficient (Wildman–Crippen LogP) is 3.40. The number of aliphatic hydroxyl groups excluding tert-OH is 1. The number of fused-ring (bicyclic) bond motifs is 1. The van der Waals surface area contributed by atoms with E-state index in [0.29, 0.717) is 11.1 Å². The van der Waals surface area contributed by atoms with Gasteiger partial charge in [0.1, 0.15) is 23.4 Å². The summed E-state index contributed by atoms with van der Waals surface area (Å²) in [5.41, 5.74) is 0.601. The smallest absolute Gasteiger partial charge is 0.200 e. The second-order valence-corrected chi connectivity index (χ2v) is 7.37. The summed E-state index contributed by atoms with van der Waals surface area (Å²) >= 11 is 0. The van der Waals surface area contributed by atoms with Crippen molar-refractivity contribution in [1.82, 2.24) is 0 Å². The molecule has 1 unspecified atom stereocenters. The monoisotopic (exact) mass is 474 g/mol. The second-order valence-electron chi connectivity index (χ2n) is 7.37. The topological polar surface area (TPSA) is 180 Å². The molecule has 182 valence electrons. The molecule has 3 aromatic carbocycles. The molecule has 8 N–H and O–H groups in total. The first-order valence-electron chi connectivity index (χ1n) is 10.5. The maximum absolute atomic E-state index is 10.6. The fourth-order valence-electron chi connectivity index (χ4n) is 3.58. The maximum atomic E-state index is 10.6. The lowest BCUT2D eigenvalue weighted by atomic mass is 9.93. The third kappa shape index (κ3) is 4.82. The Hall–Kier alpha value is -4.02. The minimum absolute atomic E-state index is 0.0147. The number of hydrogen-bond acceptors (Lipinski definition) is 10. The molecule has 1 aliphatic rings. The summed E-state index contributed by atoms with van der Waals surface area (Å²) in [6, 6.07) is 8.39. The van der Waals surface area contributed by atoms with Gasteiger partial charge in [0.2, 0.25) is 0 Å². The van der Waals surface area contributed by atoms with Crippen LogP contribution in [0.1, 0.15) is 42.9 Å². The molecule has 0 aliphatic carbocycles. The normalized spacial score (nSPS) is 17.6. The Morgan fingerprint density at radius 2 is 1.44 bits per heavy atom. The van der Waals surface area contributed by atoms with Gasteiger partial charge in [-0.1, -0.05) is 19.9 Å². The van der Waals surface area contributed by atoms with Gasteiger partial charge < -0.3 is 50.3 Å². The molecule has 3 atom stereocenters. The van der Waals surface area contributed by atoms with Gasteiger partial charge in [-0.3, -0.25) is 0 Å². The van der Waals surface area contributed by atoms with Gasteiger partial charge >= 0.3 is 0 Å². The number of aliphatic hydroxyl groups is 1.